The Morgan fingerprint density at radius 3 is 2.47 bits per heavy atom. The second-order valence-electron chi connectivity index (χ2n) is 8.35. The Hall–Kier alpha value is -3.00. The first-order chi connectivity index (χ1) is 17.4. The number of pyridine rings is 1. The van der Waals surface area contributed by atoms with Gasteiger partial charge in [0.25, 0.3) is 0 Å². The third kappa shape index (κ3) is 5.86. The van der Waals surface area contributed by atoms with Crippen LogP contribution in [0.3, 0.4) is 0 Å². The summed E-state index contributed by atoms with van der Waals surface area (Å²) in [5.41, 5.74) is 2.07. The second kappa shape index (κ2) is 11.8. The molecule has 0 spiro atoms. The van der Waals surface area contributed by atoms with Crippen LogP contribution < -0.4 is 25.4 Å². The lowest BCUT2D eigenvalue weighted by molar-refractivity contribution is 0.127. The first kappa shape index (κ1) is 26.1. The summed E-state index contributed by atoms with van der Waals surface area (Å²) in [6.45, 7) is 5.14. The Morgan fingerprint density at radius 2 is 1.78 bits per heavy atom. The smallest absolute Gasteiger partial charge is 0.163 e. The van der Waals surface area contributed by atoms with E-state index in [4.69, 9.17) is 43.3 Å². The number of methoxy groups -OCH3 is 2. The average Bonchev–Trinajstić information content (AvgIpc) is 2.88. The van der Waals surface area contributed by atoms with E-state index in [1.165, 1.54) is 13.3 Å². The van der Waals surface area contributed by atoms with Crippen molar-refractivity contribution in [1.82, 2.24) is 14.9 Å². The van der Waals surface area contributed by atoms with Gasteiger partial charge in [0.05, 0.1) is 53.3 Å². The van der Waals surface area contributed by atoms with Crippen LogP contribution in [-0.2, 0) is 0 Å². The summed E-state index contributed by atoms with van der Waals surface area (Å²) in [4.78, 5) is 6.85. The van der Waals surface area contributed by atoms with Crippen LogP contribution in [0.2, 0.25) is 10.0 Å². The molecule has 0 amide bonds. The highest BCUT2D eigenvalue weighted by molar-refractivity contribution is 6.37. The number of nitrogens with one attached hydrogen (secondary N) is 1. The Labute approximate surface area is 220 Å². The Bertz CT molecular complexity index is 1280. The van der Waals surface area contributed by atoms with Crippen molar-refractivity contribution < 1.29 is 14.2 Å². The number of fused-ring (bicyclic) bond motifs is 1. The van der Waals surface area contributed by atoms with Gasteiger partial charge in [-0.1, -0.05) is 23.2 Å². The summed E-state index contributed by atoms with van der Waals surface area (Å²) in [5.74, 6) is 7.41. The van der Waals surface area contributed by atoms with Gasteiger partial charge in [0.1, 0.15) is 11.8 Å². The van der Waals surface area contributed by atoms with E-state index in [0.717, 1.165) is 39.1 Å². The minimum atomic E-state index is 0.348. The Morgan fingerprint density at radius 1 is 1.03 bits per heavy atom. The molecule has 0 bridgehead atoms. The summed E-state index contributed by atoms with van der Waals surface area (Å²) >= 11 is 12.6. The van der Waals surface area contributed by atoms with Crippen LogP contribution in [0.1, 0.15) is 12.0 Å². The van der Waals surface area contributed by atoms with Crippen LogP contribution in [0.5, 0.6) is 17.2 Å². The predicted molar refractivity (Wildman–Crippen MR) is 142 cm³/mol. The first-order valence-corrected chi connectivity index (χ1v) is 12.2. The van der Waals surface area contributed by atoms with Crippen molar-refractivity contribution in [2.45, 2.75) is 6.42 Å². The van der Waals surface area contributed by atoms with Gasteiger partial charge in [0.2, 0.25) is 0 Å². The van der Waals surface area contributed by atoms with E-state index in [9.17, 15) is 5.26 Å². The zero-order valence-electron chi connectivity index (χ0n) is 20.2. The number of hydrogen-bond acceptors (Lipinski definition) is 9. The van der Waals surface area contributed by atoms with E-state index in [0.29, 0.717) is 61.7 Å². The standard InChI is InChI=1S/C25H28Cl2N6O3/c1-34-22-13-21(18(26)11-19(22)27)31-25-16(14-28)15-30-20-12-24(23(35-2)10-17(20)25)36-9-3-4-32-5-7-33(29)8-6-32/h10-13,15H,3-9,29H2,1-2H3,(H,30,31). The highest BCUT2D eigenvalue weighted by Gasteiger charge is 2.17. The normalized spacial score (nSPS) is 14.4. The Kier molecular flexibility index (Phi) is 8.56. The summed E-state index contributed by atoms with van der Waals surface area (Å²) in [7, 11) is 3.10. The number of hydrazine groups is 1. The maximum absolute atomic E-state index is 9.74. The topological polar surface area (TPSA) is 109 Å². The molecule has 190 valence electrons. The molecule has 1 fully saturated rings. The van der Waals surface area contributed by atoms with Crippen LogP contribution in [0.25, 0.3) is 10.9 Å². The van der Waals surface area contributed by atoms with Gasteiger partial charge in [0, 0.05) is 56.4 Å². The third-order valence-electron chi connectivity index (χ3n) is 6.06. The molecule has 1 aliphatic rings. The van der Waals surface area contributed by atoms with Crippen molar-refractivity contribution in [3.63, 3.8) is 0 Å². The fraction of sp³-hybridized carbons (Fsp3) is 0.360. The lowest BCUT2D eigenvalue weighted by atomic mass is 10.1. The van der Waals surface area contributed by atoms with Crippen molar-refractivity contribution in [1.29, 1.82) is 5.26 Å². The molecule has 1 saturated heterocycles. The zero-order valence-corrected chi connectivity index (χ0v) is 21.7. The van der Waals surface area contributed by atoms with Crippen LogP contribution in [-0.4, -0.2) is 68.4 Å². The van der Waals surface area contributed by atoms with Crippen molar-refractivity contribution in [3.05, 3.63) is 46.1 Å². The highest BCUT2D eigenvalue weighted by atomic mass is 35.5. The minimum absolute atomic E-state index is 0.348. The number of nitrogens with two attached hydrogens (primary N) is 1. The average molecular weight is 531 g/mol. The van der Waals surface area contributed by atoms with E-state index in [1.807, 2.05) is 17.1 Å². The van der Waals surface area contributed by atoms with E-state index >= 15 is 0 Å². The summed E-state index contributed by atoms with van der Waals surface area (Å²) in [5, 5.41) is 16.3. The molecule has 9 nitrogen and oxygen atoms in total. The molecule has 4 rings (SSSR count). The number of nitrogens with zero attached hydrogens (tertiary/aromatic N) is 4. The molecule has 3 aromatic rings. The number of benzene rings is 2. The van der Waals surface area contributed by atoms with E-state index in [1.54, 1.807) is 19.2 Å². The molecule has 2 heterocycles. The number of piperazine rings is 1. The van der Waals surface area contributed by atoms with Gasteiger partial charge < -0.3 is 24.4 Å². The molecule has 2 aromatic carbocycles. The zero-order chi connectivity index (χ0) is 25.7. The van der Waals surface area contributed by atoms with Crippen LogP contribution in [0, 0.1) is 11.3 Å². The number of rotatable bonds is 9. The van der Waals surface area contributed by atoms with E-state index in [2.05, 4.69) is 21.3 Å². The largest absolute Gasteiger partial charge is 0.495 e. The molecule has 3 N–H and O–H groups in total. The fourth-order valence-electron chi connectivity index (χ4n) is 4.06. The van der Waals surface area contributed by atoms with Gasteiger partial charge in [-0.3, -0.25) is 10.8 Å². The van der Waals surface area contributed by atoms with Gasteiger partial charge in [-0.05, 0) is 18.6 Å². The summed E-state index contributed by atoms with van der Waals surface area (Å²) in [6, 6.07) is 9.07. The van der Waals surface area contributed by atoms with Crippen LogP contribution >= 0.6 is 23.2 Å². The van der Waals surface area contributed by atoms with E-state index < -0.39 is 0 Å². The second-order valence-corrected chi connectivity index (χ2v) is 9.16. The number of nitriles is 1. The summed E-state index contributed by atoms with van der Waals surface area (Å²) in [6.07, 6.45) is 2.38. The molecule has 0 saturated carbocycles. The summed E-state index contributed by atoms with van der Waals surface area (Å²) < 4.78 is 17.0. The maximum atomic E-state index is 9.74. The number of hydrogen-bond donors (Lipinski definition) is 2. The van der Waals surface area contributed by atoms with E-state index in [-0.39, 0.29) is 0 Å². The first-order valence-electron chi connectivity index (χ1n) is 11.5. The van der Waals surface area contributed by atoms with Gasteiger partial charge in [0.15, 0.2) is 11.5 Å². The molecule has 0 aliphatic carbocycles. The predicted octanol–water partition coefficient (Wildman–Crippen LogP) is 4.43. The quantitative estimate of drug-likeness (QED) is 0.306. The molecule has 1 aromatic heterocycles. The monoisotopic (exact) mass is 530 g/mol. The molecular weight excluding hydrogens is 503 g/mol. The molecule has 36 heavy (non-hydrogen) atoms. The van der Waals surface area contributed by atoms with Crippen molar-refractivity contribution >= 4 is 45.5 Å². The molecule has 0 unspecified atom stereocenters. The van der Waals surface area contributed by atoms with Gasteiger partial charge in [-0.15, -0.1) is 0 Å². The van der Waals surface area contributed by atoms with Crippen molar-refractivity contribution in [2.75, 3.05) is 58.9 Å². The van der Waals surface area contributed by atoms with Gasteiger partial charge >= 0.3 is 0 Å². The number of ether oxygens (including phenoxy) is 3. The lowest BCUT2D eigenvalue weighted by Crippen LogP contribution is -2.49. The van der Waals surface area contributed by atoms with Crippen LogP contribution in [0.15, 0.2) is 30.5 Å². The molecule has 11 heteroatoms. The Balaban J connectivity index is 1.57. The fourth-order valence-corrected chi connectivity index (χ4v) is 4.57. The van der Waals surface area contributed by atoms with Crippen molar-refractivity contribution in [2.24, 2.45) is 5.84 Å². The maximum Gasteiger partial charge on any atom is 0.163 e. The molecule has 1 aliphatic heterocycles. The molecular formula is C25H28Cl2N6O3. The van der Waals surface area contributed by atoms with Crippen LogP contribution in [0.4, 0.5) is 11.4 Å². The number of halogens is 2. The van der Waals surface area contributed by atoms with Gasteiger partial charge in [-0.2, -0.15) is 5.26 Å². The number of anilines is 2. The number of aromatic nitrogens is 1. The minimum Gasteiger partial charge on any atom is -0.495 e. The molecule has 0 atom stereocenters. The highest BCUT2D eigenvalue weighted by Crippen LogP contribution is 2.40. The van der Waals surface area contributed by atoms with Crippen molar-refractivity contribution in [3.8, 4) is 23.3 Å². The van der Waals surface area contributed by atoms with Gasteiger partial charge in [-0.25, -0.2) is 5.01 Å². The molecule has 0 radical (unpaired) electrons. The third-order valence-corrected chi connectivity index (χ3v) is 6.67. The SMILES string of the molecule is COc1cc(Nc2c(C#N)cnc3cc(OCCCN4CCN(N)CC4)c(OC)cc23)c(Cl)cc1Cl. The lowest BCUT2D eigenvalue weighted by Gasteiger charge is -2.31.